The highest BCUT2D eigenvalue weighted by atomic mass is 16.3. The predicted octanol–water partition coefficient (Wildman–Crippen LogP) is 3.17. The van der Waals surface area contributed by atoms with E-state index in [1.807, 2.05) is 48.5 Å². The Bertz CT molecular complexity index is 1030. The average molecular weight is 290 g/mol. The van der Waals surface area contributed by atoms with Gasteiger partial charge in [-0.05, 0) is 23.3 Å². The van der Waals surface area contributed by atoms with Crippen LogP contribution in [0.1, 0.15) is 5.56 Å². The van der Waals surface area contributed by atoms with Crippen molar-refractivity contribution in [3.63, 3.8) is 0 Å². The summed E-state index contributed by atoms with van der Waals surface area (Å²) in [6, 6.07) is 15.3. The lowest BCUT2D eigenvalue weighted by Crippen LogP contribution is -2.04. The topological polar surface area (TPSA) is 68.9 Å². The zero-order valence-corrected chi connectivity index (χ0v) is 11.8. The predicted molar refractivity (Wildman–Crippen MR) is 87.8 cm³/mol. The number of aromatic nitrogens is 2. The molecule has 0 aliphatic heterocycles. The van der Waals surface area contributed by atoms with Crippen LogP contribution >= 0.6 is 0 Å². The fourth-order valence-corrected chi connectivity index (χ4v) is 2.84. The molecule has 0 bridgehead atoms. The zero-order chi connectivity index (χ0) is 15.1. The minimum absolute atomic E-state index is 0.00239. The molecule has 3 N–H and O–H groups in total. The van der Waals surface area contributed by atoms with Crippen LogP contribution in [-0.4, -0.2) is 15.1 Å². The van der Waals surface area contributed by atoms with Gasteiger partial charge in [0.05, 0.1) is 17.6 Å². The van der Waals surface area contributed by atoms with E-state index in [0.29, 0.717) is 10.9 Å². The van der Waals surface area contributed by atoms with Gasteiger partial charge in [0.1, 0.15) is 5.52 Å². The van der Waals surface area contributed by atoms with E-state index in [9.17, 15) is 4.79 Å². The van der Waals surface area contributed by atoms with Gasteiger partial charge in [0, 0.05) is 17.1 Å². The number of fused-ring (bicyclic) bond motifs is 2. The Morgan fingerprint density at radius 1 is 0.955 bits per heavy atom. The summed E-state index contributed by atoms with van der Waals surface area (Å²) in [5.41, 5.74) is 5.08. The molecule has 0 atom stereocenters. The van der Waals surface area contributed by atoms with Crippen LogP contribution in [0.3, 0.4) is 0 Å². The van der Waals surface area contributed by atoms with E-state index >= 15 is 0 Å². The molecule has 2 heterocycles. The van der Waals surface area contributed by atoms with E-state index in [2.05, 4.69) is 9.97 Å². The number of hydrogen-bond donors (Lipinski definition) is 3. The summed E-state index contributed by atoms with van der Waals surface area (Å²) >= 11 is 0. The minimum Gasteiger partial charge on any atom is -0.392 e. The number of H-pyrrole nitrogens is 2. The van der Waals surface area contributed by atoms with Gasteiger partial charge in [-0.25, -0.2) is 0 Å². The van der Waals surface area contributed by atoms with E-state index in [1.165, 1.54) is 0 Å². The average Bonchev–Trinajstić information content (AvgIpc) is 3.04. The standard InChI is InChI=1S/C18H14N2O2/c21-10-11-4-6-12(7-5-11)13-2-1-3-14-16(13)20-15-8-9-19-17(15)18(14)22/h1-9,19,21H,10H2,(H,20,22). The quantitative estimate of drug-likeness (QED) is 0.531. The van der Waals surface area contributed by atoms with Crippen LogP contribution in [0.2, 0.25) is 0 Å². The molecule has 4 heteroatoms. The van der Waals surface area contributed by atoms with Crippen molar-refractivity contribution in [3.05, 3.63) is 70.5 Å². The molecular formula is C18H14N2O2. The van der Waals surface area contributed by atoms with Gasteiger partial charge in [0.15, 0.2) is 0 Å². The maximum atomic E-state index is 12.5. The van der Waals surface area contributed by atoms with E-state index in [1.54, 1.807) is 6.20 Å². The Morgan fingerprint density at radius 2 is 1.77 bits per heavy atom. The molecule has 0 saturated carbocycles. The van der Waals surface area contributed by atoms with Crippen molar-refractivity contribution in [1.29, 1.82) is 0 Å². The summed E-state index contributed by atoms with van der Waals surface area (Å²) in [5, 5.41) is 9.82. The number of hydrogen-bond acceptors (Lipinski definition) is 2. The maximum absolute atomic E-state index is 12.5. The number of aliphatic hydroxyl groups is 1. The molecule has 0 radical (unpaired) electrons. The number of aliphatic hydroxyl groups excluding tert-OH is 1. The highest BCUT2D eigenvalue weighted by Gasteiger charge is 2.10. The summed E-state index contributed by atoms with van der Waals surface area (Å²) in [7, 11) is 0. The first kappa shape index (κ1) is 12.9. The lowest BCUT2D eigenvalue weighted by atomic mass is 10.0. The first-order valence-corrected chi connectivity index (χ1v) is 7.10. The second-order valence-electron chi connectivity index (χ2n) is 5.30. The Balaban J connectivity index is 2.04. The van der Waals surface area contributed by atoms with Gasteiger partial charge >= 0.3 is 0 Å². The molecule has 108 valence electrons. The molecule has 4 aromatic rings. The molecule has 0 saturated heterocycles. The number of aromatic amines is 2. The Labute approximate surface area is 126 Å². The van der Waals surface area contributed by atoms with Crippen LogP contribution in [0.25, 0.3) is 33.1 Å². The van der Waals surface area contributed by atoms with Gasteiger partial charge < -0.3 is 15.1 Å². The summed E-state index contributed by atoms with van der Waals surface area (Å²) in [4.78, 5) is 18.9. The Hall–Kier alpha value is -2.85. The number of benzene rings is 2. The lowest BCUT2D eigenvalue weighted by molar-refractivity contribution is 0.282. The van der Waals surface area contributed by atoms with Gasteiger partial charge in [-0.2, -0.15) is 0 Å². The molecule has 22 heavy (non-hydrogen) atoms. The van der Waals surface area contributed by atoms with Crippen molar-refractivity contribution in [2.45, 2.75) is 6.61 Å². The molecule has 0 fully saturated rings. The van der Waals surface area contributed by atoms with E-state index in [4.69, 9.17) is 5.11 Å². The molecule has 2 aromatic heterocycles. The summed E-state index contributed by atoms with van der Waals surface area (Å²) in [5.74, 6) is 0. The van der Waals surface area contributed by atoms with Crippen molar-refractivity contribution in [3.8, 4) is 11.1 Å². The van der Waals surface area contributed by atoms with Crippen LogP contribution in [-0.2, 0) is 6.61 Å². The third-order valence-corrected chi connectivity index (χ3v) is 3.99. The molecule has 0 amide bonds. The summed E-state index contributed by atoms with van der Waals surface area (Å²) < 4.78 is 0. The van der Waals surface area contributed by atoms with Crippen molar-refractivity contribution in [2.75, 3.05) is 0 Å². The van der Waals surface area contributed by atoms with Crippen LogP contribution in [0.4, 0.5) is 0 Å². The maximum Gasteiger partial charge on any atom is 0.213 e. The first-order valence-electron chi connectivity index (χ1n) is 7.10. The van der Waals surface area contributed by atoms with Crippen molar-refractivity contribution in [2.24, 2.45) is 0 Å². The van der Waals surface area contributed by atoms with E-state index in [-0.39, 0.29) is 12.0 Å². The van der Waals surface area contributed by atoms with Crippen LogP contribution < -0.4 is 5.43 Å². The summed E-state index contributed by atoms with van der Waals surface area (Å²) in [6.07, 6.45) is 1.76. The fourth-order valence-electron chi connectivity index (χ4n) is 2.84. The van der Waals surface area contributed by atoms with E-state index in [0.717, 1.165) is 27.7 Å². The first-order chi connectivity index (χ1) is 10.8. The second kappa shape index (κ2) is 4.86. The minimum atomic E-state index is 0.00239. The number of rotatable bonds is 2. The highest BCUT2D eigenvalue weighted by Crippen LogP contribution is 2.27. The van der Waals surface area contributed by atoms with Gasteiger partial charge in [0.25, 0.3) is 0 Å². The third kappa shape index (κ3) is 1.85. The SMILES string of the molecule is O=c1c2cccc(-c3ccc(CO)cc3)c2[nH]c2cc[nH]c12. The van der Waals surface area contributed by atoms with Gasteiger partial charge in [-0.1, -0.05) is 36.4 Å². The van der Waals surface area contributed by atoms with E-state index < -0.39 is 0 Å². The Morgan fingerprint density at radius 3 is 2.55 bits per heavy atom. The van der Waals surface area contributed by atoms with Gasteiger partial charge in [-0.3, -0.25) is 4.79 Å². The molecule has 0 aliphatic carbocycles. The smallest absolute Gasteiger partial charge is 0.213 e. The second-order valence-corrected chi connectivity index (χ2v) is 5.30. The molecule has 0 unspecified atom stereocenters. The van der Waals surface area contributed by atoms with Crippen molar-refractivity contribution < 1.29 is 5.11 Å². The van der Waals surface area contributed by atoms with Crippen molar-refractivity contribution >= 4 is 21.9 Å². The van der Waals surface area contributed by atoms with Crippen LogP contribution in [0, 0.1) is 0 Å². The molecule has 0 spiro atoms. The van der Waals surface area contributed by atoms with Gasteiger partial charge in [0.2, 0.25) is 5.43 Å². The van der Waals surface area contributed by atoms with Crippen LogP contribution in [0.5, 0.6) is 0 Å². The Kier molecular flexibility index (Phi) is 2.84. The fraction of sp³-hybridized carbons (Fsp3) is 0.0556. The molecule has 4 nitrogen and oxygen atoms in total. The zero-order valence-electron chi connectivity index (χ0n) is 11.8. The third-order valence-electron chi connectivity index (χ3n) is 3.99. The molecular weight excluding hydrogens is 276 g/mol. The lowest BCUT2D eigenvalue weighted by Gasteiger charge is -2.08. The summed E-state index contributed by atoms with van der Waals surface area (Å²) in [6.45, 7) is 0.0244. The highest BCUT2D eigenvalue weighted by molar-refractivity contribution is 5.99. The molecule has 0 aliphatic rings. The number of pyridine rings is 1. The number of nitrogens with one attached hydrogen (secondary N) is 2. The van der Waals surface area contributed by atoms with Crippen molar-refractivity contribution in [1.82, 2.24) is 9.97 Å². The monoisotopic (exact) mass is 290 g/mol. The van der Waals surface area contributed by atoms with Gasteiger partial charge in [-0.15, -0.1) is 0 Å². The normalized spacial score (nSPS) is 11.3. The largest absolute Gasteiger partial charge is 0.392 e. The number of para-hydroxylation sites is 1. The molecule has 4 rings (SSSR count). The molecule has 2 aromatic carbocycles. The van der Waals surface area contributed by atoms with Crippen LogP contribution in [0.15, 0.2) is 59.5 Å².